The van der Waals surface area contributed by atoms with Crippen LogP contribution in [0.25, 0.3) is 10.9 Å². The lowest BCUT2D eigenvalue weighted by atomic mass is 10.2. The number of hydrogen-bond donors (Lipinski definition) is 0. The van der Waals surface area contributed by atoms with Crippen molar-refractivity contribution in [1.29, 1.82) is 5.26 Å². The van der Waals surface area contributed by atoms with Crippen molar-refractivity contribution >= 4 is 22.5 Å². The van der Waals surface area contributed by atoms with E-state index in [4.69, 9.17) is 21.6 Å². The summed E-state index contributed by atoms with van der Waals surface area (Å²) in [7, 11) is 0. The summed E-state index contributed by atoms with van der Waals surface area (Å²) in [6, 6.07) is 12.5. The quantitative estimate of drug-likeness (QED) is 0.714. The molecule has 3 aromatic rings. The molecule has 0 aliphatic rings. The Labute approximate surface area is 120 Å². The summed E-state index contributed by atoms with van der Waals surface area (Å²) in [5, 5.41) is 10.4. The van der Waals surface area contributed by atoms with Gasteiger partial charge in [0.15, 0.2) is 5.75 Å². The summed E-state index contributed by atoms with van der Waals surface area (Å²) in [5.74, 6) is 0.768. The molecule has 0 aliphatic carbocycles. The normalized spacial score (nSPS) is 10.2. The molecule has 0 bridgehead atoms. The fraction of sp³-hybridized carbons (Fsp3) is 0. The van der Waals surface area contributed by atoms with Gasteiger partial charge in [-0.15, -0.1) is 0 Å². The van der Waals surface area contributed by atoms with Gasteiger partial charge in [0, 0.05) is 17.8 Å². The number of benzene rings is 1. The molecule has 0 saturated heterocycles. The number of nitrogens with zero attached hydrogens (tertiary/aromatic N) is 3. The first kappa shape index (κ1) is 12.4. The minimum Gasteiger partial charge on any atom is -0.435 e. The first-order valence-corrected chi connectivity index (χ1v) is 6.23. The van der Waals surface area contributed by atoms with E-state index >= 15 is 0 Å². The summed E-state index contributed by atoms with van der Waals surface area (Å²) < 4.78 is 5.71. The molecule has 96 valence electrons. The largest absolute Gasteiger partial charge is 0.435 e. The molecule has 0 N–H and O–H groups in total. The van der Waals surface area contributed by atoms with Gasteiger partial charge < -0.3 is 4.74 Å². The summed E-state index contributed by atoms with van der Waals surface area (Å²) in [4.78, 5) is 8.34. The Kier molecular flexibility index (Phi) is 3.20. The van der Waals surface area contributed by atoms with Crippen molar-refractivity contribution in [2.24, 2.45) is 0 Å². The summed E-state index contributed by atoms with van der Waals surface area (Å²) >= 11 is 6.13. The second-order valence-corrected chi connectivity index (χ2v) is 4.42. The highest BCUT2D eigenvalue weighted by Gasteiger charge is 2.10. The minimum atomic E-state index is 0.254. The van der Waals surface area contributed by atoms with Crippen molar-refractivity contribution in [2.45, 2.75) is 0 Å². The Morgan fingerprint density at radius 2 is 1.85 bits per heavy atom. The van der Waals surface area contributed by atoms with Crippen LogP contribution in [0.15, 0.2) is 48.8 Å². The second kappa shape index (κ2) is 5.16. The fourth-order valence-electron chi connectivity index (χ4n) is 1.86. The molecule has 0 amide bonds. The third kappa shape index (κ3) is 2.15. The Bertz CT molecular complexity index is 827. The van der Waals surface area contributed by atoms with Gasteiger partial charge >= 0.3 is 0 Å². The Hall–Kier alpha value is -2.64. The fourth-order valence-corrected chi connectivity index (χ4v) is 2.07. The van der Waals surface area contributed by atoms with Gasteiger partial charge in [-0.05, 0) is 36.4 Å². The SMILES string of the molecule is N#Cc1cccnc1Oc1ccc(Cl)c2cccnc12. The average molecular weight is 282 g/mol. The number of nitriles is 1. The third-order valence-electron chi connectivity index (χ3n) is 2.78. The van der Waals surface area contributed by atoms with Gasteiger partial charge in [-0.3, -0.25) is 4.98 Å². The van der Waals surface area contributed by atoms with E-state index in [0.29, 0.717) is 21.9 Å². The van der Waals surface area contributed by atoms with Crippen LogP contribution < -0.4 is 4.74 Å². The van der Waals surface area contributed by atoms with Gasteiger partial charge in [0.25, 0.3) is 0 Å². The summed E-state index contributed by atoms with van der Waals surface area (Å²) in [6.07, 6.45) is 3.23. The van der Waals surface area contributed by atoms with Crippen LogP contribution >= 0.6 is 11.6 Å². The molecule has 0 aliphatic heterocycles. The molecule has 0 spiro atoms. The first-order valence-electron chi connectivity index (χ1n) is 5.86. The van der Waals surface area contributed by atoms with Gasteiger partial charge in [-0.2, -0.15) is 5.26 Å². The molecule has 0 saturated carbocycles. The summed E-state index contributed by atoms with van der Waals surface area (Å²) in [6.45, 7) is 0. The minimum absolute atomic E-state index is 0.254. The van der Waals surface area contributed by atoms with Crippen LogP contribution in [-0.4, -0.2) is 9.97 Å². The maximum absolute atomic E-state index is 9.05. The molecule has 0 unspecified atom stereocenters. The average Bonchev–Trinajstić information content (AvgIpc) is 2.51. The van der Waals surface area contributed by atoms with Gasteiger partial charge in [0.2, 0.25) is 5.88 Å². The number of fused-ring (bicyclic) bond motifs is 1. The second-order valence-electron chi connectivity index (χ2n) is 4.02. The molecule has 0 radical (unpaired) electrons. The highest BCUT2D eigenvalue weighted by molar-refractivity contribution is 6.35. The van der Waals surface area contributed by atoms with Crippen LogP contribution in [0.1, 0.15) is 5.56 Å². The molecule has 1 aromatic carbocycles. The molecule has 2 heterocycles. The molecule has 0 fully saturated rings. The molecule has 4 nitrogen and oxygen atoms in total. The lowest BCUT2D eigenvalue weighted by Crippen LogP contribution is -1.93. The Morgan fingerprint density at radius 3 is 2.70 bits per heavy atom. The third-order valence-corrected chi connectivity index (χ3v) is 3.11. The Morgan fingerprint density at radius 1 is 1.05 bits per heavy atom. The molecular weight excluding hydrogens is 274 g/mol. The number of aromatic nitrogens is 2. The van der Waals surface area contributed by atoms with Crippen LogP contribution in [0.4, 0.5) is 0 Å². The van der Waals surface area contributed by atoms with E-state index in [1.807, 2.05) is 12.1 Å². The highest BCUT2D eigenvalue weighted by Crippen LogP contribution is 2.32. The van der Waals surface area contributed by atoms with Crippen molar-refractivity contribution in [2.75, 3.05) is 0 Å². The van der Waals surface area contributed by atoms with Crippen LogP contribution in [0, 0.1) is 11.3 Å². The molecule has 3 rings (SSSR count). The topological polar surface area (TPSA) is 58.8 Å². The zero-order chi connectivity index (χ0) is 13.9. The monoisotopic (exact) mass is 281 g/mol. The van der Waals surface area contributed by atoms with Gasteiger partial charge in [-0.1, -0.05) is 11.6 Å². The lowest BCUT2D eigenvalue weighted by molar-refractivity contribution is 0.465. The Balaban J connectivity index is 2.12. The lowest BCUT2D eigenvalue weighted by Gasteiger charge is -2.09. The van der Waals surface area contributed by atoms with Crippen molar-refractivity contribution in [3.63, 3.8) is 0 Å². The van der Waals surface area contributed by atoms with E-state index in [-0.39, 0.29) is 5.88 Å². The van der Waals surface area contributed by atoms with Crippen LogP contribution in [0.5, 0.6) is 11.6 Å². The van der Waals surface area contributed by atoms with E-state index in [1.165, 1.54) is 0 Å². The maximum Gasteiger partial charge on any atom is 0.237 e. The zero-order valence-electron chi connectivity index (χ0n) is 10.2. The smallest absolute Gasteiger partial charge is 0.237 e. The predicted molar refractivity (Wildman–Crippen MR) is 75.8 cm³/mol. The van der Waals surface area contributed by atoms with Crippen LogP contribution in [0.2, 0.25) is 5.02 Å². The molecule has 0 atom stereocenters. The maximum atomic E-state index is 9.05. The number of hydrogen-bond acceptors (Lipinski definition) is 4. The predicted octanol–water partition coefficient (Wildman–Crippen LogP) is 3.95. The van der Waals surface area contributed by atoms with Gasteiger partial charge in [0.1, 0.15) is 17.1 Å². The van der Waals surface area contributed by atoms with Crippen molar-refractivity contribution in [3.05, 3.63) is 59.4 Å². The number of halogens is 1. The van der Waals surface area contributed by atoms with Crippen molar-refractivity contribution < 1.29 is 4.74 Å². The standard InChI is InChI=1S/C15H8ClN3O/c16-12-5-6-13(14-11(12)4-2-7-18-14)20-15-10(9-17)3-1-8-19-15/h1-8H. The van der Waals surface area contributed by atoms with Crippen molar-refractivity contribution in [1.82, 2.24) is 9.97 Å². The molecule has 5 heteroatoms. The van der Waals surface area contributed by atoms with E-state index in [9.17, 15) is 0 Å². The summed E-state index contributed by atoms with van der Waals surface area (Å²) in [5.41, 5.74) is 1.00. The van der Waals surface area contributed by atoms with E-state index in [0.717, 1.165) is 5.39 Å². The van der Waals surface area contributed by atoms with Crippen LogP contribution in [-0.2, 0) is 0 Å². The van der Waals surface area contributed by atoms with E-state index in [2.05, 4.69) is 9.97 Å². The van der Waals surface area contributed by atoms with Gasteiger partial charge in [0.05, 0.1) is 5.02 Å². The number of pyridine rings is 2. The zero-order valence-corrected chi connectivity index (χ0v) is 11.0. The van der Waals surface area contributed by atoms with E-state index in [1.54, 1.807) is 42.7 Å². The van der Waals surface area contributed by atoms with E-state index < -0.39 is 0 Å². The van der Waals surface area contributed by atoms with Gasteiger partial charge in [-0.25, -0.2) is 4.98 Å². The molecule has 20 heavy (non-hydrogen) atoms. The first-order chi connectivity index (χ1) is 9.79. The molecular formula is C15H8ClN3O. The number of rotatable bonds is 2. The highest BCUT2D eigenvalue weighted by atomic mass is 35.5. The van der Waals surface area contributed by atoms with Crippen LogP contribution in [0.3, 0.4) is 0 Å². The van der Waals surface area contributed by atoms with Crippen molar-refractivity contribution in [3.8, 4) is 17.7 Å². The molecule has 2 aromatic heterocycles. The number of ether oxygens (including phenoxy) is 1.